The summed E-state index contributed by atoms with van der Waals surface area (Å²) in [5.74, 6) is -0.955. The van der Waals surface area contributed by atoms with Gasteiger partial charge in [0, 0.05) is 12.3 Å². The van der Waals surface area contributed by atoms with Crippen molar-refractivity contribution in [2.75, 3.05) is 6.61 Å². The maximum absolute atomic E-state index is 13.0. The lowest BCUT2D eigenvalue weighted by Gasteiger charge is -2.10. The molecule has 0 N–H and O–H groups in total. The molecule has 0 aliphatic heterocycles. The first kappa shape index (κ1) is 19.7. The SMILES string of the molecule is CCOC(=O)c1cnc(Cn2nc(C(F)(F)F)cc2C(F)(F)F)nc1C. The minimum Gasteiger partial charge on any atom is -0.462 e. The van der Waals surface area contributed by atoms with Gasteiger partial charge in [0.2, 0.25) is 0 Å². The second-order valence-corrected chi connectivity index (χ2v) is 5.07. The molecule has 0 radical (unpaired) electrons. The van der Waals surface area contributed by atoms with Gasteiger partial charge >= 0.3 is 18.3 Å². The third-order valence-electron chi connectivity index (χ3n) is 3.18. The topological polar surface area (TPSA) is 69.9 Å². The van der Waals surface area contributed by atoms with E-state index in [1.54, 1.807) is 6.92 Å². The van der Waals surface area contributed by atoms with Gasteiger partial charge in [-0.25, -0.2) is 14.8 Å². The highest BCUT2D eigenvalue weighted by atomic mass is 19.4. The Balaban J connectivity index is 2.38. The van der Waals surface area contributed by atoms with Gasteiger partial charge in [-0.3, -0.25) is 4.68 Å². The number of nitrogens with zero attached hydrogens (tertiary/aromatic N) is 4. The zero-order chi connectivity index (χ0) is 19.7. The minimum atomic E-state index is -5.05. The largest absolute Gasteiger partial charge is 0.462 e. The summed E-state index contributed by atoms with van der Waals surface area (Å²) < 4.78 is 81.7. The van der Waals surface area contributed by atoms with Crippen LogP contribution in [-0.4, -0.2) is 32.3 Å². The van der Waals surface area contributed by atoms with Crippen LogP contribution in [0.3, 0.4) is 0 Å². The fourth-order valence-electron chi connectivity index (χ4n) is 2.04. The van der Waals surface area contributed by atoms with Crippen LogP contribution in [0.15, 0.2) is 12.3 Å². The first-order valence-corrected chi connectivity index (χ1v) is 7.15. The van der Waals surface area contributed by atoms with Crippen molar-refractivity contribution in [3.63, 3.8) is 0 Å². The van der Waals surface area contributed by atoms with Crippen molar-refractivity contribution in [1.29, 1.82) is 0 Å². The van der Waals surface area contributed by atoms with E-state index in [4.69, 9.17) is 4.74 Å². The number of halogens is 6. The second-order valence-electron chi connectivity index (χ2n) is 5.07. The van der Waals surface area contributed by atoms with Crippen LogP contribution < -0.4 is 0 Å². The average Bonchev–Trinajstić information content (AvgIpc) is 2.91. The summed E-state index contributed by atoms with van der Waals surface area (Å²) in [6.07, 6.45) is -9.04. The van der Waals surface area contributed by atoms with Gasteiger partial charge in [-0.2, -0.15) is 31.4 Å². The molecule has 0 bridgehead atoms. The monoisotopic (exact) mass is 382 g/mol. The molecule has 0 spiro atoms. The predicted octanol–water partition coefficient (Wildman–Crippen LogP) is 3.24. The van der Waals surface area contributed by atoms with Gasteiger partial charge in [-0.15, -0.1) is 0 Å². The van der Waals surface area contributed by atoms with Crippen LogP contribution in [-0.2, 0) is 23.6 Å². The van der Waals surface area contributed by atoms with Crippen LogP contribution in [0.1, 0.15) is 40.2 Å². The number of carbonyl (C=O) groups excluding carboxylic acids is 1. The summed E-state index contributed by atoms with van der Waals surface area (Å²) >= 11 is 0. The molecule has 2 aromatic rings. The minimum absolute atomic E-state index is 0.00286. The van der Waals surface area contributed by atoms with Gasteiger partial charge in [-0.05, 0) is 13.8 Å². The zero-order valence-electron chi connectivity index (χ0n) is 13.4. The Morgan fingerprint density at radius 1 is 1.19 bits per heavy atom. The Morgan fingerprint density at radius 2 is 1.85 bits per heavy atom. The normalized spacial score (nSPS) is 12.3. The Bertz CT molecular complexity index is 813. The summed E-state index contributed by atoms with van der Waals surface area (Å²) in [6.45, 7) is 2.32. The number of aryl methyl sites for hydroxylation is 1. The molecular weight excluding hydrogens is 370 g/mol. The number of alkyl halides is 6. The number of hydrogen-bond acceptors (Lipinski definition) is 5. The molecule has 0 aliphatic carbocycles. The lowest BCUT2D eigenvalue weighted by atomic mass is 10.2. The molecule has 0 atom stereocenters. The molecule has 12 heteroatoms. The number of hydrogen-bond donors (Lipinski definition) is 0. The van der Waals surface area contributed by atoms with Crippen molar-refractivity contribution < 1.29 is 35.9 Å². The highest BCUT2D eigenvalue weighted by Gasteiger charge is 2.42. The summed E-state index contributed by atoms with van der Waals surface area (Å²) in [6, 6.07) is -0.0835. The number of aromatic nitrogens is 4. The maximum atomic E-state index is 13.0. The van der Waals surface area contributed by atoms with Crippen molar-refractivity contribution in [3.8, 4) is 0 Å². The van der Waals surface area contributed by atoms with Crippen LogP contribution in [0.2, 0.25) is 0 Å². The van der Waals surface area contributed by atoms with E-state index < -0.39 is 36.3 Å². The molecule has 0 aromatic carbocycles. The van der Waals surface area contributed by atoms with E-state index in [1.165, 1.54) is 6.92 Å². The van der Waals surface area contributed by atoms with E-state index in [1.807, 2.05) is 0 Å². The van der Waals surface area contributed by atoms with Crippen molar-refractivity contribution in [3.05, 3.63) is 40.7 Å². The summed E-state index contributed by atoms with van der Waals surface area (Å²) in [5.41, 5.74) is -3.14. The molecule has 0 amide bonds. The van der Waals surface area contributed by atoms with Gasteiger partial charge in [0.05, 0.1) is 17.9 Å². The third kappa shape index (κ3) is 4.29. The van der Waals surface area contributed by atoms with Crippen LogP contribution in [0.4, 0.5) is 26.3 Å². The first-order chi connectivity index (χ1) is 11.9. The van der Waals surface area contributed by atoms with Crippen LogP contribution in [0.25, 0.3) is 0 Å². The predicted molar refractivity (Wildman–Crippen MR) is 74.1 cm³/mol. The quantitative estimate of drug-likeness (QED) is 0.600. The molecule has 0 unspecified atom stereocenters. The Hall–Kier alpha value is -2.66. The van der Waals surface area contributed by atoms with Crippen LogP contribution in [0, 0.1) is 6.92 Å². The number of ether oxygens (including phenoxy) is 1. The Labute approximate surface area is 142 Å². The van der Waals surface area contributed by atoms with E-state index in [2.05, 4.69) is 15.1 Å². The van der Waals surface area contributed by atoms with E-state index in [-0.39, 0.29) is 34.4 Å². The van der Waals surface area contributed by atoms with E-state index in [0.717, 1.165) is 6.20 Å². The molecular formula is C14H12F6N4O2. The van der Waals surface area contributed by atoms with Crippen molar-refractivity contribution in [2.45, 2.75) is 32.7 Å². The number of esters is 1. The number of rotatable bonds is 4. The van der Waals surface area contributed by atoms with E-state index in [9.17, 15) is 31.1 Å². The second kappa shape index (κ2) is 6.92. The lowest BCUT2D eigenvalue weighted by molar-refractivity contribution is -0.144. The van der Waals surface area contributed by atoms with Crippen LogP contribution in [0.5, 0.6) is 0 Å². The van der Waals surface area contributed by atoms with Gasteiger partial charge in [0.1, 0.15) is 18.1 Å². The lowest BCUT2D eigenvalue weighted by Crippen LogP contribution is -2.18. The van der Waals surface area contributed by atoms with E-state index in [0.29, 0.717) is 0 Å². The summed E-state index contributed by atoms with van der Waals surface area (Å²) in [5, 5.41) is 2.96. The average molecular weight is 382 g/mol. The molecule has 2 aromatic heterocycles. The smallest absolute Gasteiger partial charge is 0.435 e. The molecule has 2 heterocycles. The Morgan fingerprint density at radius 3 is 2.35 bits per heavy atom. The molecule has 2 rings (SSSR count). The van der Waals surface area contributed by atoms with Crippen LogP contribution >= 0.6 is 0 Å². The Kier molecular flexibility index (Phi) is 5.23. The molecule has 0 saturated carbocycles. The van der Waals surface area contributed by atoms with E-state index >= 15 is 0 Å². The molecule has 0 saturated heterocycles. The molecule has 6 nitrogen and oxygen atoms in total. The third-order valence-corrected chi connectivity index (χ3v) is 3.18. The van der Waals surface area contributed by atoms with Gasteiger partial charge in [0.15, 0.2) is 5.69 Å². The van der Waals surface area contributed by atoms with Gasteiger partial charge < -0.3 is 4.74 Å². The fraction of sp³-hybridized carbons (Fsp3) is 0.429. The molecule has 142 valence electrons. The molecule has 0 aliphatic rings. The maximum Gasteiger partial charge on any atom is 0.435 e. The number of carbonyl (C=O) groups is 1. The first-order valence-electron chi connectivity index (χ1n) is 7.15. The summed E-state index contributed by atoms with van der Waals surface area (Å²) in [4.78, 5) is 19.2. The fourth-order valence-corrected chi connectivity index (χ4v) is 2.04. The van der Waals surface area contributed by atoms with Gasteiger partial charge in [0.25, 0.3) is 0 Å². The van der Waals surface area contributed by atoms with Crippen molar-refractivity contribution in [1.82, 2.24) is 19.7 Å². The molecule has 26 heavy (non-hydrogen) atoms. The highest BCUT2D eigenvalue weighted by Crippen LogP contribution is 2.35. The highest BCUT2D eigenvalue weighted by molar-refractivity contribution is 5.90. The van der Waals surface area contributed by atoms with Crippen molar-refractivity contribution >= 4 is 5.97 Å². The molecule has 0 fully saturated rings. The summed E-state index contributed by atoms with van der Waals surface area (Å²) in [7, 11) is 0. The van der Waals surface area contributed by atoms with Crippen molar-refractivity contribution in [2.24, 2.45) is 0 Å². The zero-order valence-corrected chi connectivity index (χ0v) is 13.4. The van der Waals surface area contributed by atoms with Gasteiger partial charge in [-0.1, -0.05) is 0 Å². The standard InChI is InChI=1S/C14H12F6N4O2/c1-3-26-12(25)8-5-21-11(22-7(8)2)6-24-10(14(18,19)20)4-9(23-24)13(15,16)17/h4-5H,3,6H2,1-2H3.